The summed E-state index contributed by atoms with van der Waals surface area (Å²) in [6.45, 7) is 1.22. The molecule has 0 aliphatic carbocycles. The van der Waals surface area contributed by atoms with Gasteiger partial charge in [0.25, 0.3) is 5.85 Å². The van der Waals surface area contributed by atoms with Crippen molar-refractivity contribution >= 4 is 28.3 Å². The fourth-order valence-corrected chi connectivity index (χ4v) is 1.43. The highest BCUT2D eigenvalue weighted by molar-refractivity contribution is 8.11. The molecule has 66 valence electrons. The molecule has 0 saturated carbocycles. The van der Waals surface area contributed by atoms with Crippen LogP contribution in [0.2, 0.25) is 0 Å². The predicted octanol–water partition coefficient (Wildman–Crippen LogP) is 4.05. The molecule has 0 amide bonds. The molecule has 0 rings (SSSR count). The van der Waals surface area contributed by atoms with E-state index in [1.807, 2.05) is 5.92 Å². The first-order valence-corrected chi connectivity index (χ1v) is 6.40. The molecule has 0 spiro atoms. The van der Waals surface area contributed by atoms with Gasteiger partial charge in [0.05, 0.1) is 11.1 Å². The molecule has 0 aliphatic heterocycles. The lowest BCUT2D eigenvalue weighted by molar-refractivity contribution is 0.596. The summed E-state index contributed by atoms with van der Waals surface area (Å²) < 4.78 is 23.1. The van der Waals surface area contributed by atoms with Crippen LogP contribution in [0.4, 0.5) is 4.39 Å². The molecule has 0 fully saturated rings. The maximum Gasteiger partial charge on any atom is 0.290 e. The summed E-state index contributed by atoms with van der Waals surface area (Å²) >= 11 is 10.5. The van der Waals surface area contributed by atoms with Crippen molar-refractivity contribution in [1.29, 1.82) is 0 Å². The van der Waals surface area contributed by atoms with Gasteiger partial charge in [0, 0.05) is 0 Å². The van der Waals surface area contributed by atoms with E-state index in [1.54, 1.807) is 0 Å². The first-order chi connectivity index (χ1) is 5.38. The average molecular weight is 227 g/mol. The molecule has 0 bridgehead atoms. The molecule has 0 N–H and O–H groups in total. The topological polar surface area (TPSA) is 17.1 Å². The van der Waals surface area contributed by atoms with Gasteiger partial charge in [-0.1, -0.05) is 5.92 Å². The lowest BCUT2D eigenvalue weighted by Crippen LogP contribution is -1.70. The summed E-state index contributed by atoms with van der Waals surface area (Å²) in [6.07, 6.45) is 7.10. The van der Waals surface area contributed by atoms with E-state index in [2.05, 4.69) is 0 Å². The van der Waals surface area contributed by atoms with E-state index in [9.17, 15) is 8.96 Å². The molecule has 0 heterocycles. The fourth-order valence-electron chi connectivity index (χ4n) is 0.404. The zero-order chi connectivity index (χ0) is 9.78. The molecule has 5 heteroatoms. The maximum absolute atomic E-state index is 12.2. The minimum atomic E-state index is -3.47. The zero-order valence-corrected chi connectivity index (χ0v) is 8.63. The van der Waals surface area contributed by atoms with Crippen molar-refractivity contribution in [3.05, 3.63) is 23.3 Å². The first kappa shape index (κ1) is 11.8. The normalized spacial score (nSPS) is 14.2. The van der Waals surface area contributed by atoms with Gasteiger partial charge in [-0.25, -0.2) is 4.39 Å². The quantitative estimate of drug-likeness (QED) is 0.395. The monoisotopic (exact) mass is 226 g/mol. The van der Waals surface area contributed by atoms with Crippen molar-refractivity contribution in [2.24, 2.45) is 0 Å². The highest BCUT2D eigenvalue weighted by Crippen LogP contribution is 2.63. The Labute approximate surface area is 80.2 Å². The first-order valence-electron chi connectivity index (χ1n) is 2.88. The van der Waals surface area contributed by atoms with Crippen molar-refractivity contribution in [3.8, 4) is 12.3 Å². The van der Waals surface area contributed by atoms with Gasteiger partial charge in [-0.15, -0.1) is 6.42 Å². The summed E-state index contributed by atoms with van der Waals surface area (Å²) in [7, 11) is 0. The zero-order valence-electron chi connectivity index (χ0n) is 6.22. The van der Waals surface area contributed by atoms with Crippen LogP contribution in [0.1, 0.15) is 6.92 Å². The molecule has 0 aliphatic rings. The van der Waals surface area contributed by atoms with Crippen LogP contribution in [0.5, 0.6) is 0 Å². The molecule has 12 heavy (non-hydrogen) atoms. The van der Waals surface area contributed by atoms with Crippen molar-refractivity contribution in [2.45, 2.75) is 6.92 Å². The molecule has 0 radical (unpaired) electrons. The molecule has 0 unspecified atom stereocenters. The standard InChI is InChI=1S/C7H6Cl2FOP/c1-3-7(12(8,9)11)5-4-6(2)10/h1,4-5H,2H3/b6-4+,7-5+. The van der Waals surface area contributed by atoms with Gasteiger partial charge in [-0.3, -0.25) is 4.57 Å². The van der Waals surface area contributed by atoms with Crippen LogP contribution in [-0.2, 0) is 4.57 Å². The van der Waals surface area contributed by atoms with Crippen LogP contribution in [-0.4, -0.2) is 0 Å². The Bertz CT molecular complexity index is 304. The highest BCUT2D eigenvalue weighted by atomic mass is 35.9. The molecular weight excluding hydrogens is 221 g/mol. The number of hydrogen-bond donors (Lipinski definition) is 0. The van der Waals surface area contributed by atoms with E-state index < -0.39 is 11.7 Å². The Hall–Kier alpha value is -0.220. The third kappa shape index (κ3) is 4.62. The van der Waals surface area contributed by atoms with E-state index >= 15 is 0 Å². The Morgan fingerprint density at radius 2 is 2.08 bits per heavy atom. The van der Waals surface area contributed by atoms with Gasteiger partial charge in [0.1, 0.15) is 0 Å². The maximum atomic E-state index is 12.2. The van der Waals surface area contributed by atoms with Crippen LogP contribution in [0.3, 0.4) is 0 Å². The van der Waals surface area contributed by atoms with E-state index in [0.29, 0.717) is 0 Å². The van der Waals surface area contributed by atoms with Gasteiger partial charge >= 0.3 is 0 Å². The second-order valence-electron chi connectivity index (χ2n) is 1.91. The van der Waals surface area contributed by atoms with E-state index in [0.717, 1.165) is 12.2 Å². The van der Waals surface area contributed by atoms with Gasteiger partial charge in [0.2, 0.25) is 0 Å². The van der Waals surface area contributed by atoms with Gasteiger partial charge < -0.3 is 0 Å². The van der Waals surface area contributed by atoms with Crippen LogP contribution in [0.15, 0.2) is 23.3 Å². The van der Waals surface area contributed by atoms with Crippen LogP contribution in [0.25, 0.3) is 0 Å². The molecule has 0 atom stereocenters. The van der Waals surface area contributed by atoms with Crippen molar-refractivity contribution in [2.75, 3.05) is 0 Å². The van der Waals surface area contributed by atoms with Crippen molar-refractivity contribution in [3.63, 3.8) is 0 Å². The van der Waals surface area contributed by atoms with Gasteiger partial charge in [-0.2, -0.15) is 0 Å². The van der Waals surface area contributed by atoms with E-state index in [-0.39, 0.29) is 5.31 Å². The second-order valence-corrected chi connectivity index (χ2v) is 6.69. The molecule has 0 aromatic carbocycles. The number of hydrogen-bond acceptors (Lipinski definition) is 1. The van der Waals surface area contributed by atoms with E-state index in [4.69, 9.17) is 28.9 Å². The van der Waals surface area contributed by atoms with Crippen LogP contribution < -0.4 is 0 Å². The summed E-state index contributed by atoms with van der Waals surface area (Å²) in [5.41, 5.74) is 0. The minimum absolute atomic E-state index is 0.108. The molecule has 0 aromatic rings. The number of halogens is 3. The Balaban J connectivity index is 4.86. The Morgan fingerprint density at radius 3 is 2.33 bits per heavy atom. The van der Waals surface area contributed by atoms with Crippen LogP contribution in [0, 0.1) is 12.3 Å². The molecule has 1 nitrogen and oxygen atoms in total. The van der Waals surface area contributed by atoms with Crippen molar-refractivity contribution in [1.82, 2.24) is 0 Å². The Morgan fingerprint density at radius 1 is 1.58 bits per heavy atom. The lowest BCUT2D eigenvalue weighted by atomic mass is 10.4. The summed E-state index contributed by atoms with van der Waals surface area (Å²) in [4.78, 5) is 0. The van der Waals surface area contributed by atoms with Gasteiger partial charge in [0.15, 0.2) is 0 Å². The average Bonchev–Trinajstić information content (AvgIpc) is 1.85. The molecule has 0 saturated heterocycles. The number of allylic oxidation sites excluding steroid dienone is 4. The smallest absolute Gasteiger partial charge is 0.283 e. The predicted molar refractivity (Wildman–Crippen MR) is 51.1 cm³/mol. The van der Waals surface area contributed by atoms with E-state index in [1.165, 1.54) is 6.92 Å². The van der Waals surface area contributed by atoms with Crippen molar-refractivity contribution < 1.29 is 8.96 Å². The fraction of sp³-hybridized carbons (Fsp3) is 0.143. The largest absolute Gasteiger partial charge is 0.290 e. The highest BCUT2D eigenvalue weighted by Gasteiger charge is 2.17. The number of rotatable bonds is 2. The SMILES string of the molecule is C#C/C(=C\C=C(/C)F)P(=O)(Cl)Cl. The Kier molecular flexibility index (Phi) is 4.63. The van der Waals surface area contributed by atoms with Crippen LogP contribution >= 0.6 is 28.3 Å². The number of terminal acetylenes is 1. The third-order valence-corrected chi connectivity index (χ3v) is 2.83. The summed E-state index contributed by atoms with van der Waals surface area (Å²) in [5, 5.41) is -0.108. The second kappa shape index (κ2) is 4.72. The van der Waals surface area contributed by atoms with Gasteiger partial charge in [-0.05, 0) is 41.6 Å². The summed E-state index contributed by atoms with van der Waals surface area (Å²) in [6, 6.07) is 0. The minimum Gasteiger partial charge on any atom is -0.283 e. The molecule has 0 aromatic heterocycles. The molecular formula is C7H6Cl2FOP. The lowest BCUT2D eigenvalue weighted by Gasteiger charge is -1.97. The third-order valence-electron chi connectivity index (χ3n) is 0.899. The summed E-state index contributed by atoms with van der Waals surface area (Å²) in [5.74, 6) is -1.92.